The van der Waals surface area contributed by atoms with Crippen LogP contribution >= 0.6 is 11.3 Å². The van der Waals surface area contributed by atoms with Crippen molar-refractivity contribution in [3.05, 3.63) is 28.8 Å². The lowest BCUT2D eigenvalue weighted by molar-refractivity contribution is -0.153. The molecule has 1 aromatic carbocycles. The van der Waals surface area contributed by atoms with E-state index in [1.165, 1.54) is 11.3 Å². The number of amides is 4. The van der Waals surface area contributed by atoms with Gasteiger partial charge in [0.25, 0.3) is 0 Å². The average molecular weight is 458 g/mol. The van der Waals surface area contributed by atoms with Crippen molar-refractivity contribution in [1.82, 2.24) is 20.8 Å². The Morgan fingerprint density at radius 1 is 1.22 bits per heavy atom. The zero-order chi connectivity index (χ0) is 22.6. The number of rotatable bonds is 3. The minimum atomic E-state index is -1.48. The van der Waals surface area contributed by atoms with Crippen molar-refractivity contribution in [2.24, 2.45) is 5.41 Å². The standard InChI is InChI=1S/C21H23N5O5S/c1-10-8-26-14-5-4-12(17-25-24-15(32-17)9-30-3)6-13(14)7-21(16(26)11(2)31-10)18(27)22-20(29)23-19(21)28/h4-6,10-11,16H,7-9H2,1-3H3,(H2,22,23,27,28,29)/t10-,11+,16?/m1/s1. The van der Waals surface area contributed by atoms with E-state index in [2.05, 4.69) is 25.7 Å². The van der Waals surface area contributed by atoms with Crippen LogP contribution in [0.2, 0.25) is 0 Å². The first-order valence-electron chi connectivity index (χ1n) is 10.4. The number of nitrogens with one attached hydrogen (secondary N) is 2. The van der Waals surface area contributed by atoms with Gasteiger partial charge < -0.3 is 14.4 Å². The third-order valence-corrected chi connectivity index (χ3v) is 7.24. The van der Waals surface area contributed by atoms with Crippen LogP contribution in [-0.4, -0.2) is 59.9 Å². The molecule has 2 aromatic rings. The summed E-state index contributed by atoms with van der Waals surface area (Å²) >= 11 is 1.43. The Labute approximate surface area is 188 Å². The Morgan fingerprint density at radius 3 is 2.69 bits per heavy atom. The van der Waals surface area contributed by atoms with Crippen LogP contribution in [0.25, 0.3) is 10.6 Å². The Kier molecular flexibility index (Phi) is 4.99. The number of benzene rings is 1. The second-order valence-corrected chi connectivity index (χ2v) is 9.47. The number of aromatic nitrogens is 2. The van der Waals surface area contributed by atoms with Crippen LogP contribution in [0.4, 0.5) is 10.5 Å². The molecule has 1 unspecified atom stereocenters. The number of carbonyl (C=O) groups is 3. The van der Waals surface area contributed by atoms with Crippen LogP contribution in [0, 0.1) is 5.41 Å². The van der Waals surface area contributed by atoms with Crippen molar-refractivity contribution in [3.8, 4) is 10.6 Å². The summed E-state index contributed by atoms with van der Waals surface area (Å²) in [4.78, 5) is 40.3. The molecule has 0 radical (unpaired) electrons. The first-order valence-corrected chi connectivity index (χ1v) is 11.2. The van der Waals surface area contributed by atoms with Gasteiger partial charge in [-0.2, -0.15) is 0 Å². The van der Waals surface area contributed by atoms with Gasteiger partial charge in [-0.05, 0) is 44.0 Å². The van der Waals surface area contributed by atoms with E-state index in [1.807, 2.05) is 32.0 Å². The van der Waals surface area contributed by atoms with E-state index in [0.29, 0.717) is 13.2 Å². The van der Waals surface area contributed by atoms with E-state index in [0.717, 1.165) is 26.8 Å². The Morgan fingerprint density at radius 2 is 1.97 bits per heavy atom. The van der Waals surface area contributed by atoms with Crippen LogP contribution in [-0.2, 0) is 32.1 Å². The minimum absolute atomic E-state index is 0.0833. The monoisotopic (exact) mass is 457 g/mol. The first-order chi connectivity index (χ1) is 15.3. The second-order valence-electron chi connectivity index (χ2n) is 8.41. The van der Waals surface area contributed by atoms with E-state index >= 15 is 0 Å². The largest absolute Gasteiger partial charge is 0.377 e. The first kappa shape index (κ1) is 21.0. The van der Waals surface area contributed by atoms with Crippen LogP contribution < -0.4 is 15.5 Å². The molecule has 3 atom stereocenters. The van der Waals surface area contributed by atoms with Gasteiger partial charge in [-0.15, -0.1) is 10.2 Å². The van der Waals surface area contributed by atoms with Crippen LogP contribution in [0.1, 0.15) is 24.4 Å². The van der Waals surface area contributed by atoms with Crippen molar-refractivity contribution >= 4 is 34.9 Å². The second kappa shape index (κ2) is 7.61. The number of imide groups is 2. The number of morpholine rings is 1. The minimum Gasteiger partial charge on any atom is -0.377 e. The van der Waals surface area contributed by atoms with Gasteiger partial charge in [0.2, 0.25) is 11.8 Å². The maximum Gasteiger partial charge on any atom is 0.328 e. The Balaban J connectivity index is 1.62. The fourth-order valence-corrected chi connectivity index (χ4v) is 5.94. The van der Waals surface area contributed by atoms with Gasteiger partial charge in [-0.25, -0.2) is 4.79 Å². The molecule has 4 heterocycles. The fraction of sp³-hybridized carbons (Fsp3) is 0.476. The highest BCUT2D eigenvalue weighted by Gasteiger charge is 2.62. The summed E-state index contributed by atoms with van der Waals surface area (Å²) in [6.07, 6.45) is -0.329. The zero-order valence-corrected chi connectivity index (χ0v) is 18.7. The Bertz CT molecular complexity index is 1100. The normalized spacial score (nSPS) is 26.4. The van der Waals surface area contributed by atoms with Gasteiger partial charge in [-0.3, -0.25) is 20.2 Å². The number of fused-ring (bicyclic) bond motifs is 4. The molecule has 2 saturated heterocycles. The molecule has 32 heavy (non-hydrogen) atoms. The van der Waals surface area contributed by atoms with E-state index in [1.54, 1.807) is 7.11 Å². The van der Waals surface area contributed by atoms with Gasteiger partial charge in [0.05, 0.1) is 24.9 Å². The smallest absolute Gasteiger partial charge is 0.328 e. The van der Waals surface area contributed by atoms with E-state index in [4.69, 9.17) is 9.47 Å². The van der Waals surface area contributed by atoms with Crippen LogP contribution in [0.5, 0.6) is 0 Å². The van der Waals surface area contributed by atoms with Crippen molar-refractivity contribution < 1.29 is 23.9 Å². The predicted molar refractivity (Wildman–Crippen MR) is 115 cm³/mol. The molecule has 4 amide bonds. The van der Waals surface area contributed by atoms with Crippen molar-refractivity contribution in [2.45, 2.75) is 45.1 Å². The van der Waals surface area contributed by atoms with Gasteiger partial charge in [-0.1, -0.05) is 11.3 Å². The number of hydrogen-bond acceptors (Lipinski definition) is 9. The van der Waals surface area contributed by atoms with Crippen molar-refractivity contribution in [3.63, 3.8) is 0 Å². The van der Waals surface area contributed by atoms with E-state index in [-0.39, 0.29) is 12.5 Å². The van der Waals surface area contributed by atoms with Gasteiger partial charge in [0.15, 0.2) is 5.41 Å². The molecule has 3 aliphatic rings. The average Bonchev–Trinajstić information content (AvgIpc) is 3.20. The molecule has 5 rings (SSSR count). The third kappa shape index (κ3) is 3.11. The Hall–Kier alpha value is -2.89. The molecular weight excluding hydrogens is 434 g/mol. The summed E-state index contributed by atoms with van der Waals surface area (Å²) in [5, 5.41) is 14.5. The number of anilines is 1. The molecule has 2 N–H and O–H groups in total. The maximum absolute atomic E-state index is 13.2. The molecule has 0 aliphatic carbocycles. The highest BCUT2D eigenvalue weighted by molar-refractivity contribution is 7.14. The highest BCUT2D eigenvalue weighted by Crippen LogP contribution is 2.47. The lowest BCUT2D eigenvalue weighted by atomic mass is 9.66. The molecule has 1 aromatic heterocycles. The number of carbonyl (C=O) groups excluding carboxylic acids is 3. The zero-order valence-electron chi connectivity index (χ0n) is 17.9. The molecule has 10 nitrogen and oxygen atoms in total. The van der Waals surface area contributed by atoms with Gasteiger partial charge in [0, 0.05) is 24.9 Å². The molecule has 3 aliphatic heterocycles. The molecule has 11 heteroatoms. The van der Waals surface area contributed by atoms with Gasteiger partial charge >= 0.3 is 6.03 Å². The van der Waals surface area contributed by atoms with Gasteiger partial charge in [0.1, 0.15) is 10.0 Å². The summed E-state index contributed by atoms with van der Waals surface area (Å²) in [7, 11) is 1.60. The number of hydrogen-bond donors (Lipinski definition) is 2. The van der Waals surface area contributed by atoms with Crippen molar-refractivity contribution in [2.75, 3.05) is 18.6 Å². The number of nitrogens with zero attached hydrogens (tertiary/aromatic N) is 3. The molecule has 0 saturated carbocycles. The number of ether oxygens (including phenoxy) is 2. The topological polar surface area (TPSA) is 123 Å². The van der Waals surface area contributed by atoms with Crippen LogP contribution in [0.15, 0.2) is 18.2 Å². The lowest BCUT2D eigenvalue weighted by Crippen LogP contribution is -2.75. The number of barbiturate groups is 1. The number of urea groups is 1. The molecule has 1 spiro atoms. The molecule has 168 valence electrons. The summed E-state index contributed by atoms with van der Waals surface area (Å²) < 4.78 is 11.2. The summed E-state index contributed by atoms with van der Waals surface area (Å²) in [6, 6.07) is 4.58. The summed E-state index contributed by atoms with van der Waals surface area (Å²) in [5.74, 6) is -1.19. The van der Waals surface area contributed by atoms with E-state index < -0.39 is 35.4 Å². The molecule has 0 bridgehead atoms. The van der Waals surface area contributed by atoms with Crippen molar-refractivity contribution in [1.29, 1.82) is 0 Å². The molecule has 2 fully saturated rings. The summed E-state index contributed by atoms with van der Waals surface area (Å²) in [5.41, 5.74) is 1.15. The maximum atomic E-state index is 13.2. The fourth-order valence-electron chi connectivity index (χ4n) is 5.13. The summed E-state index contributed by atoms with van der Waals surface area (Å²) in [6.45, 7) is 4.73. The number of methoxy groups -OCH3 is 1. The quantitative estimate of drug-likeness (QED) is 0.660. The lowest BCUT2D eigenvalue weighted by Gasteiger charge is -2.55. The predicted octanol–water partition coefficient (Wildman–Crippen LogP) is 1.24. The third-order valence-electron chi connectivity index (χ3n) is 6.29. The molecular formula is C21H23N5O5S. The van der Waals surface area contributed by atoms with E-state index in [9.17, 15) is 14.4 Å². The SMILES string of the molecule is COCc1nnc(-c2ccc3c(c2)CC2(C(=O)NC(=O)NC2=O)C2[C@H](C)O[C@H](C)CN32)s1. The van der Waals surface area contributed by atoms with Crippen LogP contribution in [0.3, 0.4) is 0 Å². The highest BCUT2D eigenvalue weighted by atomic mass is 32.1.